The number of halogens is 3. The molecule has 0 spiro atoms. The number of aromatic carboxylic acids is 1. The Hall–Kier alpha value is -2.84. The summed E-state index contributed by atoms with van der Waals surface area (Å²) >= 11 is 0. The molecule has 2 N–H and O–H groups in total. The van der Waals surface area contributed by atoms with E-state index in [1.807, 2.05) is 0 Å². The number of carbonyl (C=O) groups excluding carboxylic acids is 1. The molecule has 116 valence electrons. The fraction of sp³-hybridized carbons (Fsp3) is 0.154. The van der Waals surface area contributed by atoms with E-state index in [-0.39, 0.29) is 11.3 Å². The minimum absolute atomic E-state index is 0.0226. The van der Waals surface area contributed by atoms with Gasteiger partial charge in [-0.15, -0.1) is 0 Å². The summed E-state index contributed by atoms with van der Waals surface area (Å²) in [5.74, 6) is -3.19. The van der Waals surface area contributed by atoms with Gasteiger partial charge in [-0.2, -0.15) is 18.3 Å². The van der Waals surface area contributed by atoms with Crippen molar-refractivity contribution in [3.63, 3.8) is 0 Å². The highest BCUT2D eigenvalue weighted by Crippen LogP contribution is 2.20. The molecule has 0 atom stereocenters. The van der Waals surface area contributed by atoms with E-state index in [2.05, 4.69) is 5.10 Å². The van der Waals surface area contributed by atoms with Crippen LogP contribution in [0.5, 0.6) is 0 Å². The topological polar surface area (TPSA) is 84.2 Å². The molecule has 9 heteroatoms. The normalized spacial score (nSPS) is 11.3. The number of rotatable bonds is 3. The molecular weight excluding hydrogens is 303 g/mol. The Balaban J connectivity index is 2.23. The maximum absolute atomic E-state index is 12.1. The fourth-order valence-electron chi connectivity index (χ4n) is 1.77. The molecule has 1 aromatic heterocycles. The van der Waals surface area contributed by atoms with E-state index in [0.717, 1.165) is 0 Å². The summed E-state index contributed by atoms with van der Waals surface area (Å²) in [7, 11) is 0. The standard InChI is InChI=1S/C13H10F3N3O3/c1-7-10(11(20)21)6-17-19(7)9-4-2-8(3-5-9)18-12(22)13(14,15)16/h2-6H,1H3,(H,18,22)(H,20,21). The molecule has 0 unspecified atom stereocenters. The van der Waals surface area contributed by atoms with Crippen molar-refractivity contribution in [2.45, 2.75) is 13.1 Å². The monoisotopic (exact) mass is 313 g/mol. The van der Waals surface area contributed by atoms with Gasteiger partial charge in [-0.1, -0.05) is 0 Å². The minimum Gasteiger partial charge on any atom is -0.478 e. The quantitative estimate of drug-likeness (QED) is 0.911. The van der Waals surface area contributed by atoms with E-state index in [9.17, 15) is 22.8 Å². The lowest BCUT2D eigenvalue weighted by Gasteiger charge is -2.09. The molecule has 1 aromatic carbocycles. The average molecular weight is 313 g/mol. The molecular formula is C13H10F3N3O3. The van der Waals surface area contributed by atoms with Gasteiger partial charge in [-0.05, 0) is 31.2 Å². The Kier molecular flexibility index (Phi) is 3.89. The Morgan fingerprint density at radius 1 is 1.23 bits per heavy atom. The highest BCUT2D eigenvalue weighted by molar-refractivity contribution is 5.95. The maximum atomic E-state index is 12.1. The molecule has 2 aromatic rings. The number of nitrogens with one attached hydrogen (secondary N) is 1. The van der Waals surface area contributed by atoms with Gasteiger partial charge >= 0.3 is 18.1 Å². The van der Waals surface area contributed by atoms with Crippen molar-refractivity contribution in [3.8, 4) is 5.69 Å². The number of carbonyl (C=O) groups is 2. The van der Waals surface area contributed by atoms with Gasteiger partial charge in [0.2, 0.25) is 0 Å². The Morgan fingerprint density at radius 2 is 1.82 bits per heavy atom. The van der Waals surface area contributed by atoms with Crippen LogP contribution in [0.15, 0.2) is 30.5 Å². The number of hydrogen-bond acceptors (Lipinski definition) is 3. The van der Waals surface area contributed by atoms with Crippen LogP contribution in [0.25, 0.3) is 5.69 Å². The number of aromatic nitrogens is 2. The number of alkyl halides is 3. The zero-order valence-corrected chi connectivity index (χ0v) is 11.2. The molecule has 22 heavy (non-hydrogen) atoms. The van der Waals surface area contributed by atoms with E-state index in [1.54, 1.807) is 12.2 Å². The first-order chi connectivity index (χ1) is 10.2. The molecule has 0 saturated carbocycles. The van der Waals surface area contributed by atoms with Gasteiger partial charge in [0.15, 0.2) is 0 Å². The summed E-state index contributed by atoms with van der Waals surface area (Å²) in [5.41, 5.74) is 0.818. The molecule has 2 rings (SSSR count). The molecule has 6 nitrogen and oxygen atoms in total. The third-order valence-electron chi connectivity index (χ3n) is 2.87. The second-order valence-electron chi connectivity index (χ2n) is 4.36. The largest absolute Gasteiger partial charge is 0.478 e. The Morgan fingerprint density at radius 3 is 2.27 bits per heavy atom. The summed E-state index contributed by atoms with van der Waals surface area (Å²) < 4.78 is 37.7. The number of hydrogen-bond donors (Lipinski definition) is 2. The predicted octanol–water partition coefficient (Wildman–Crippen LogP) is 2.38. The van der Waals surface area contributed by atoms with Gasteiger partial charge in [0.1, 0.15) is 5.56 Å². The van der Waals surface area contributed by atoms with Gasteiger partial charge in [-0.3, -0.25) is 4.79 Å². The predicted molar refractivity (Wildman–Crippen MR) is 69.9 cm³/mol. The van der Waals surface area contributed by atoms with Crippen molar-refractivity contribution in [1.29, 1.82) is 0 Å². The lowest BCUT2D eigenvalue weighted by Crippen LogP contribution is -2.29. The van der Waals surface area contributed by atoms with Crippen LogP contribution < -0.4 is 5.32 Å². The van der Waals surface area contributed by atoms with Crippen LogP contribution in [0.3, 0.4) is 0 Å². The number of benzene rings is 1. The maximum Gasteiger partial charge on any atom is 0.471 e. The van der Waals surface area contributed by atoms with Crippen molar-refractivity contribution in [2.24, 2.45) is 0 Å². The number of nitrogens with zero attached hydrogens (tertiary/aromatic N) is 2. The summed E-state index contributed by atoms with van der Waals surface area (Å²) in [6, 6.07) is 5.36. The van der Waals surface area contributed by atoms with E-state index in [0.29, 0.717) is 11.4 Å². The summed E-state index contributed by atoms with van der Waals surface area (Å²) in [6.07, 6.45) is -3.79. The van der Waals surface area contributed by atoms with Crippen molar-refractivity contribution >= 4 is 17.6 Å². The van der Waals surface area contributed by atoms with Crippen molar-refractivity contribution < 1.29 is 27.9 Å². The van der Waals surface area contributed by atoms with Gasteiger partial charge in [0.05, 0.1) is 17.6 Å². The van der Waals surface area contributed by atoms with Gasteiger partial charge in [0.25, 0.3) is 0 Å². The van der Waals surface area contributed by atoms with Crippen molar-refractivity contribution in [2.75, 3.05) is 5.32 Å². The molecule has 0 radical (unpaired) electrons. The number of carboxylic acids is 1. The van der Waals surface area contributed by atoms with E-state index < -0.39 is 18.1 Å². The first-order valence-electron chi connectivity index (χ1n) is 5.96. The van der Waals surface area contributed by atoms with Gasteiger partial charge < -0.3 is 10.4 Å². The Bertz CT molecular complexity index is 720. The molecule has 0 aliphatic heterocycles. The average Bonchev–Trinajstić information content (AvgIpc) is 2.80. The third-order valence-corrected chi connectivity index (χ3v) is 2.87. The van der Waals surface area contributed by atoms with Crippen molar-refractivity contribution in [1.82, 2.24) is 9.78 Å². The summed E-state index contributed by atoms with van der Waals surface area (Å²) in [4.78, 5) is 21.7. The fourth-order valence-corrected chi connectivity index (χ4v) is 1.77. The van der Waals surface area contributed by atoms with Crippen LogP contribution in [-0.4, -0.2) is 32.9 Å². The van der Waals surface area contributed by atoms with Crippen LogP contribution in [-0.2, 0) is 4.79 Å². The number of carboxylic acid groups (broad SMARTS) is 1. The second kappa shape index (κ2) is 5.51. The molecule has 0 saturated heterocycles. The molecule has 1 heterocycles. The van der Waals surface area contributed by atoms with Crippen LogP contribution in [0.1, 0.15) is 16.1 Å². The highest BCUT2D eigenvalue weighted by atomic mass is 19.4. The summed E-state index contributed by atoms with van der Waals surface area (Å²) in [5, 5.41) is 14.6. The molecule has 0 aliphatic rings. The first-order valence-corrected chi connectivity index (χ1v) is 5.96. The third kappa shape index (κ3) is 3.08. The molecule has 0 fully saturated rings. The van der Waals surface area contributed by atoms with E-state index in [1.165, 1.54) is 35.1 Å². The van der Waals surface area contributed by atoms with Gasteiger partial charge in [-0.25, -0.2) is 9.48 Å². The Labute approximate surface area is 122 Å². The lowest BCUT2D eigenvalue weighted by molar-refractivity contribution is -0.167. The molecule has 0 bridgehead atoms. The lowest BCUT2D eigenvalue weighted by atomic mass is 10.2. The smallest absolute Gasteiger partial charge is 0.471 e. The second-order valence-corrected chi connectivity index (χ2v) is 4.36. The zero-order chi connectivity index (χ0) is 16.5. The number of anilines is 1. The van der Waals surface area contributed by atoms with Crippen LogP contribution >= 0.6 is 0 Å². The highest BCUT2D eigenvalue weighted by Gasteiger charge is 2.38. The molecule has 1 amide bonds. The van der Waals surface area contributed by atoms with Crippen LogP contribution in [0.2, 0.25) is 0 Å². The SMILES string of the molecule is Cc1c(C(=O)O)cnn1-c1ccc(NC(=O)C(F)(F)F)cc1. The van der Waals surface area contributed by atoms with Crippen molar-refractivity contribution in [3.05, 3.63) is 41.7 Å². The van der Waals surface area contributed by atoms with E-state index in [4.69, 9.17) is 5.11 Å². The molecule has 0 aliphatic carbocycles. The van der Waals surface area contributed by atoms with E-state index >= 15 is 0 Å². The van der Waals surface area contributed by atoms with Crippen LogP contribution in [0, 0.1) is 6.92 Å². The van der Waals surface area contributed by atoms with Gasteiger partial charge in [0, 0.05) is 5.69 Å². The first kappa shape index (κ1) is 15.5. The number of amides is 1. The van der Waals surface area contributed by atoms with Crippen LogP contribution in [0.4, 0.5) is 18.9 Å². The minimum atomic E-state index is -4.96. The summed E-state index contributed by atoms with van der Waals surface area (Å²) in [6.45, 7) is 1.55. The zero-order valence-electron chi connectivity index (χ0n) is 11.2.